The number of thiophene rings is 1. The molecule has 3 aromatic rings. The summed E-state index contributed by atoms with van der Waals surface area (Å²) in [6.45, 7) is 5.53. The Morgan fingerprint density at radius 1 is 1.15 bits per heavy atom. The molecule has 0 atom stereocenters. The molecule has 7 nitrogen and oxygen atoms in total. The Kier molecular flexibility index (Phi) is 9.68. The van der Waals surface area contributed by atoms with Crippen molar-refractivity contribution < 1.29 is 37.3 Å². The molecule has 1 aromatic heterocycles. The van der Waals surface area contributed by atoms with Gasteiger partial charge in [0, 0.05) is 29.1 Å². The van der Waals surface area contributed by atoms with Crippen molar-refractivity contribution in [3.05, 3.63) is 57.8 Å². The third-order valence-electron chi connectivity index (χ3n) is 6.06. The Morgan fingerprint density at radius 3 is 2.38 bits per heavy atom. The van der Waals surface area contributed by atoms with Crippen molar-refractivity contribution in [1.82, 2.24) is 0 Å². The van der Waals surface area contributed by atoms with Crippen LogP contribution >= 0.6 is 24.0 Å². The monoisotopic (exact) mass is 596 g/mol. The van der Waals surface area contributed by atoms with Gasteiger partial charge in [0.1, 0.15) is 28.5 Å². The number of anilines is 2. The van der Waals surface area contributed by atoms with Gasteiger partial charge in [0.05, 0.1) is 24.9 Å². The summed E-state index contributed by atoms with van der Waals surface area (Å²) in [7, 11) is 3.24. The first-order valence-electron chi connectivity index (χ1n) is 12.2. The molecule has 0 radical (unpaired) electrons. The molecule has 12 heteroatoms. The lowest BCUT2D eigenvalue weighted by atomic mass is 9.92. The van der Waals surface area contributed by atoms with Gasteiger partial charge in [0.15, 0.2) is 0 Å². The fraction of sp³-hybridized carbons (Fsp3) is 0.357. The van der Waals surface area contributed by atoms with Crippen molar-refractivity contribution in [2.24, 2.45) is 0 Å². The number of methoxy groups -OCH3 is 1. The fourth-order valence-electron chi connectivity index (χ4n) is 4.21. The first kappa shape index (κ1) is 31.2. The number of amides is 1. The number of alkyl halides is 3. The van der Waals surface area contributed by atoms with Gasteiger partial charge in [-0.25, -0.2) is 4.79 Å². The lowest BCUT2D eigenvalue weighted by molar-refractivity contribution is -0.129. The van der Waals surface area contributed by atoms with E-state index in [1.54, 1.807) is 30.1 Å². The Labute approximate surface area is 240 Å². The van der Waals surface area contributed by atoms with Crippen molar-refractivity contribution in [1.29, 1.82) is 0 Å². The van der Waals surface area contributed by atoms with E-state index in [4.69, 9.17) is 9.47 Å². The molecule has 0 aliphatic carbocycles. The second kappa shape index (κ2) is 12.4. The fourth-order valence-corrected chi connectivity index (χ4v) is 5.23. The molecule has 0 spiro atoms. The van der Waals surface area contributed by atoms with Crippen molar-refractivity contribution >= 4 is 47.2 Å². The minimum atomic E-state index is -4.03. The van der Waals surface area contributed by atoms with Crippen LogP contribution in [0, 0.1) is 6.92 Å². The predicted molar refractivity (Wildman–Crippen MR) is 154 cm³/mol. The second-order valence-corrected chi connectivity index (χ2v) is 11.3. The van der Waals surface area contributed by atoms with E-state index >= 15 is 0 Å². The van der Waals surface area contributed by atoms with E-state index in [9.17, 15) is 27.9 Å². The number of benzene rings is 2. The van der Waals surface area contributed by atoms with Crippen LogP contribution < -0.4 is 15.0 Å². The van der Waals surface area contributed by atoms with Gasteiger partial charge >= 0.3 is 12.1 Å². The minimum absolute atomic E-state index is 0.0436. The number of likely N-dealkylation sites (N-methyl/N-ethyl adjacent to an activating group) is 1. The Hall–Kier alpha value is -3.38. The minimum Gasteiger partial charge on any atom is -0.508 e. The standard InChI is InChI=1S/C25H26N2O5S.C3H5F3S/c1-14-6-11-21(33-14)23(29)32-13-18-16(17-8-7-15(28)12-20(17)31-5)9-10-19-22(18)27(4)24(30)25(2,3)26-19;4-3(5,6)1-2-7/h6-12,26,28H,13H2,1-5H3;7H,1-2H2. The van der Waals surface area contributed by atoms with Gasteiger partial charge < -0.3 is 24.8 Å². The summed E-state index contributed by atoms with van der Waals surface area (Å²) in [5.41, 5.74) is 2.74. The van der Waals surface area contributed by atoms with Crippen LogP contribution in [0.2, 0.25) is 0 Å². The number of thiol groups is 1. The number of aromatic hydroxyl groups is 1. The van der Waals surface area contributed by atoms with Crippen LogP contribution in [0.3, 0.4) is 0 Å². The number of nitrogens with one attached hydrogen (secondary N) is 1. The molecule has 1 aliphatic rings. The van der Waals surface area contributed by atoms with Gasteiger partial charge in [-0.15, -0.1) is 11.3 Å². The molecule has 1 amide bonds. The summed E-state index contributed by atoms with van der Waals surface area (Å²) in [5.74, 6) is -0.109. The van der Waals surface area contributed by atoms with Crippen LogP contribution in [0.4, 0.5) is 24.5 Å². The number of rotatable bonds is 6. The highest BCUT2D eigenvalue weighted by Crippen LogP contribution is 2.44. The number of aryl methyl sites for hydroxylation is 1. The number of esters is 1. The molecular formula is C28H31F3N2O5S2. The third kappa shape index (κ3) is 7.22. The molecule has 0 saturated heterocycles. The number of carbonyl (C=O) groups is 2. The molecule has 1 aliphatic heterocycles. The molecule has 0 unspecified atom stereocenters. The largest absolute Gasteiger partial charge is 0.508 e. The molecule has 2 aromatic carbocycles. The molecular weight excluding hydrogens is 565 g/mol. The van der Waals surface area contributed by atoms with E-state index in [1.165, 1.54) is 24.5 Å². The Morgan fingerprint density at radius 2 is 1.82 bits per heavy atom. The lowest BCUT2D eigenvalue weighted by Gasteiger charge is -2.39. The average molecular weight is 597 g/mol. The topological polar surface area (TPSA) is 88.1 Å². The van der Waals surface area contributed by atoms with Crippen LogP contribution in [0.1, 0.15) is 40.4 Å². The number of carbonyl (C=O) groups excluding carboxylic acids is 2. The number of fused-ring (bicyclic) bond motifs is 1. The molecule has 4 rings (SSSR count). The van der Waals surface area contributed by atoms with Gasteiger partial charge in [-0.1, -0.05) is 6.07 Å². The van der Waals surface area contributed by atoms with E-state index in [2.05, 4.69) is 17.9 Å². The SMILES string of the molecule is COc1cc(O)ccc1-c1ccc2c(c1COC(=O)c1ccc(C)s1)N(C)C(=O)C(C)(C)N2.FC(F)(F)CCS. The van der Waals surface area contributed by atoms with Gasteiger partial charge in [-0.2, -0.15) is 25.8 Å². The van der Waals surface area contributed by atoms with Gasteiger partial charge in [0.25, 0.3) is 5.91 Å². The lowest BCUT2D eigenvalue weighted by Crippen LogP contribution is -2.52. The van der Waals surface area contributed by atoms with E-state index in [0.29, 0.717) is 27.4 Å². The molecule has 0 bridgehead atoms. The van der Waals surface area contributed by atoms with Crippen LogP contribution in [0.5, 0.6) is 11.5 Å². The highest BCUT2D eigenvalue weighted by molar-refractivity contribution is 7.80. The van der Waals surface area contributed by atoms with Gasteiger partial charge in [-0.05, 0) is 62.4 Å². The smallest absolute Gasteiger partial charge is 0.389 e. The van der Waals surface area contributed by atoms with Crippen LogP contribution in [0.25, 0.3) is 11.1 Å². The van der Waals surface area contributed by atoms with E-state index in [-0.39, 0.29) is 24.0 Å². The van der Waals surface area contributed by atoms with Crippen molar-refractivity contribution in [3.63, 3.8) is 0 Å². The van der Waals surface area contributed by atoms with Crippen LogP contribution in [-0.4, -0.2) is 48.6 Å². The van der Waals surface area contributed by atoms with Gasteiger partial charge in [0.2, 0.25) is 0 Å². The second-order valence-electron chi connectivity index (χ2n) is 9.56. The third-order valence-corrected chi connectivity index (χ3v) is 7.27. The number of phenols is 1. The summed E-state index contributed by atoms with van der Waals surface area (Å²) in [4.78, 5) is 28.9. The molecule has 216 valence electrons. The van der Waals surface area contributed by atoms with E-state index < -0.39 is 24.1 Å². The average Bonchev–Trinajstić information content (AvgIpc) is 3.31. The van der Waals surface area contributed by atoms with E-state index in [1.807, 2.05) is 39.0 Å². The van der Waals surface area contributed by atoms with Crippen LogP contribution in [0.15, 0.2) is 42.5 Å². The highest BCUT2D eigenvalue weighted by atomic mass is 32.1. The summed E-state index contributed by atoms with van der Waals surface area (Å²) in [6.07, 6.45) is -4.82. The Bertz CT molecular complexity index is 1390. The van der Waals surface area contributed by atoms with Gasteiger partial charge in [-0.3, -0.25) is 4.79 Å². The van der Waals surface area contributed by atoms with Crippen molar-refractivity contribution in [3.8, 4) is 22.6 Å². The molecule has 2 N–H and O–H groups in total. The number of halogens is 3. The van der Waals surface area contributed by atoms with Crippen LogP contribution in [-0.2, 0) is 16.1 Å². The number of nitrogens with zero attached hydrogens (tertiary/aromatic N) is 1. The van der Waals surface area contributed by atoms with Crippen molar-refractivity contribution in [2.75, 3.05) is 30.1 Å². The van der Waals surface area contributed by atoms with Crippen molar-refractivity contribution in [2.45, 2.75) is 45.5 Å². The maximum Gasteiger partial charge on any atom is 0.389 e. The Balaban J connectivity index is 0.000000559. The quantitative estimate of drug-likeness (QED) is 0.214. The first-order chi connectivity index (χ1) is 18.7. The maximum atomic E-state index is 13.0. The number of hydrogen-bond acceptors (Lipinski definition) is 8. The highest BCUT2D eigenvalue weighted by Gasteiger charge is 2.39. The molecule has 2 heterocycles. The summed E-state index contributed by atoms with van der Waals surface area (Å²) < 4.78 is 44.2. The number of ether oxygens (including phenoxy) is 2. The zero-order valence-electron chi connectivity index (χ0n) is 22.7. The normalized spacial score (nSPS) is 14.0. The summed E-state index contributed by atoms with van der Waals surface area (Å²) in [5, 5.41) is 13.2. The molecule has 0 saturated carbocycles. The first-order valence-corrected chi connectivity index (χ1v) is 13.6. The van der Waals surface area contributed by atoms with E-state index in [0.717, 1.165) is 16.1 Å². The molecule has 0 fully saturated rings. The number of phenolic OH excluding ortho intramolecular Hbond substituents is 1. The number of hydrogen-bond donors (Lipinski definition) is 3. The summed E-state index contributed by atoms with van der Waals surface area (Å²) >= 11 is 4.76. The molecule has 40 heavy (non-hydrogen) atoms. The zero-order chi connectivity index (χ0) is 29.8. The zero-order valence-corrected chi connectivity index (χ0v) is 24.4. The summed E-state index contributed by atoms with van der Waals surface area (Å²) in [6, 6.07) is 12.2. The maximum absolute atomic E-state index is 13.0. The predicted octanol–water partition coefficient (Wildman–Crippen LogP) is 6.83.